The van der Waals surface area contributed by atoms with Crippen LogP contribution in [0.2, 0.25) is 0 Å². The van der Waals surface area contributed by atoms with E-state index in [2.05, 4.69) is 10.3 Å². The molecule has 1 aliphatic heterocycles. The van der Waals surface area contributed by atoms with Crippen molar-refractivity contribution in [3.8, 4) is 0 Å². The summed E-state index contributed by atoms with van der Waals surface area (Å²) in [4.78, 5) is 18.4. The maximum absolute atomic E-state index is 12.1. The van der Waals surface area contributed by atoms with Gasteiger partial charge in [0.15, 0.2) is 0 Å². The van der Waals surface area contributed by atoms with Crippen LogP contribution in [0.3, 0.4) is 0 Å². The minimum absolute atomic E-state index is 0.218. The molecule has 1 amide bonds. The highest BCUT2D eigenvalue weighted by molar-refractivity contribution is 5.78. The molecule has 1 aliphatic rings. The lowest BCUT2D eigenvalue weighted by molar-refractivity contribution is -0.130. The van der Waals surface area contributed by atoms with Gasteiger partial charge in [-0.25, -0.2) is 0 Å². The predicted octanol–water partition coefficient (Wildman–Crippen LogP) is 1.88. The van der Waals surface area contributed by atoms with Crippen LogP contribution in [-0.2, 0) is 11.3 Å². The van der Waals surface area contributed by atoms with Gasteiger partial charge < -0.3 is 10.2 Å². The molecular weight excluding hydrogens is 238 g/mol. The van der Waals surface area contributed by atoms with Crippen LogP contribution in [-0.4, -0.2) is 35.4 Å². The third kappa shape index (κ3) is 4.31. The van der Waals surface area contributed by atoms with Crippen LogP contribution in [0.4, 0.5) is 0 Å². The van der Waals surface area contributed by atoms with E-state index < -0.39 is 0 Å². The third-order valence-corrected chi connectivity index (χ3v) is 3.65. The molecule has 0 unspecified atom stereocenters. The molecule has 4 nitrogen and oxygen atoms in total. The van der Waals surface area contributed by atoms with Gasteiger partial charge in [0, 0.05) is 25.8 Å². The highest BCUT2D eigenvalue weighted by atomic mass is 16.2. The summed E-state index contributed by atoms with van der Waals surface area (Å²) >= 11 is 0. The lowest BCUT2D eigenvalue weighted by atomic mass is 10.2. The second-order valence-corrected chi connectivity index (χ2v) is 5.17. The molecule has 0 spiro atoms. The first-order valence-electron chi connectivity index (χ1n) is 7.16. The Balaban J connectivity index is 1.76. The summed E-state index contributed by atoms with van der Waals surface area (Å²) in [5.74, 6) is 0.218. The Morgan fingerprint density at radius 2 is 2.05 bits per heavy atom. The summed E-state index contributed by atoms with van der Waals surface area (Å²) in [5.41, 5.74) is 2.18. The fourth-order valence-corrected chi connectivity index (χ4v) is 2.42. The number of pyridine rings is 1. The van der Waals surface area contributed by atoms with Crippen molar-refractivity contribution >= 4 is 5.91 Å². The smallest absolute Gasteiger partial charge is 0.236 e. The van der Waals surface area contributed by atoms with Gasteiger partial charge >= 0.3 is 0 Å². The van der Waals surface area contributed by atoms with E-state index in [1.165, 1.54) is 12.8 Å². The largest absolute Gasteiger partial charge is 0.342 e. The predicted molar refractivity (Wildman–Crippen MR) is 75.7 cm³/mol. The van der Waals surface area contributed by atoms with Gasteiger partial charge in [0.2, 0.25) is 5.91 Å². The van der Waals surface area contributed by atoms with Crippen LogP contribution in [0.1, 0.15) is 36.9 Å². The SMILES string of the molecule is Cc1cccnc1CNCC(=O)N1CCCCCC1. The molecule has 0 saturated carbocycles. The number of aryl methyl sites for hydroxylation is 1. The normalized spacial score (nSPS) is 16.2. The zero-order valence-electron chi connectivity index (χ0n) is 11.7. The third-order valence-electron chi connectivity index (χ3n) is 3.65. The summed E-state index contributed by atoms with van der Waals surface area (Å²) in [7, 11) is 0. The molecule has 2 rings (SSSR count). The van der Waals surface area contributed by atoms with Crippen LogP contribution in [0.25, 0.3) is 0 Å². The molecule has 104 valence electrons. The molecule has 1 fully saturated rings. The van der Waals surface area contributed by atoms with Gasteiger partial charge in [-0.3, -0.25) is 9.78 Å². The van der Waals surface area contributed by atoms with Crippen LogP contribution in [0.15, 0.2) is 18.3 Å². The van der Waals surface area contributed by atoms with Crippen molar-refractivity contribution in [2.24, 2.45) is 0 Å². The van der Waals surface area contributed by atoms with Gasteiger partial charge in [-0.15, -0.1) is 0 Å². The van der Waals surface area contributed by atoms with E-state index in [-0.39, 0.29) is 5.91 Å². The Labute approximate surface area is 115 Å². The summed E-state index contributed by atoms with van der Waals surface area (Å²) in [6.45, 7) is 4.95. The zero-order chi connectivity index (χ0) is 13.5. The maximum Gasteiger partial charge on any atom is 0.236 e. The first-order valence-corrected chi connectivity index (χ1v) is 7.16. The van der Waals surface area contributed by atoms with E-state index >= 15 is 0 Å². The van der Waals surface area contributed by atoms with Crippen molar-refractivity contribution in [2.45, 2.75) is 39.2 Å². The monoisotopic (exact) mass is 261 g/mol. The van der Waals surface area contributed by atoms with Gasteiger partial charge in [0.05, 0.1) is 12.2 Å². The Morgan fingerprint density at radius 3 is 2.74 bits per heavy atom. The second-order valence-electron chi connectivity index (χ2n) is 5.17. The number of nitrogens with zero attached hydrogens (tertiary/aromatic N) is 2. The van der Waals surface area contributed by atoms with Crippen molar-refractivity contribution in [2.75, 3.05) is 19.6 Å². The van der Waals surface area contributed by atoms with Gasteiger partial charge in [-0.1, -0.05) is 18.9 Å². The van der Waals surface area contributed by atoms with Crippen molar-refractivity contribution in [3.63, 3.8) is 0 Å². The molecule has 0 bridgehead atoms. The van der Waals surface area contributed by atoms with E-state index in [1.807, 2.05) is 24.0 Å². The number of carbonyl (C=O) groups is 1. The molecule has 0 aliphatic carbocycles. The molecule has 2 heterocycles. The Morgan fingerprint density at radius 1 is 1.32 bits per heavy atom. The van der Waals surface area contributed by atoms with Crippen molar-refractivity contribution < 1.29 is 4.79 Å². The van der Waals surface area contributed by atoms with E-state index in [4.69, 9.17) is 0 Å². The molecule has 1 aromatic heterocycles. The average Bonchev–Trinajstić information content (AvgIpc) is 2.70. The van der Waals surface area contributed by atoms with Crippen LogP contribution < -0.4 is 5.32 Å². The van der Waals surface area contributed by atoms with Gasteiger partial charge in [-0.2, -0.15) is 0 Å². The Bertz CT molecular complexity index is 412. The van der Waals surface area contributed by atoms with Crippen molar-refractivity contribution in [1.29, 1.82) is 0 Å². The summed E-state index contributed by atoms with van der Waals surface area (Å²) in [6.07, 6.45) is 6.59. The van der Waals surface area contributed by atoms with E-state index in [1.54, 1.807) is 6.20 Å². The quantitative estimate of drug-likeness (QED) is 0.900. The highest BCUT2D eigenvalue weighted by Crippen LogP contribution is 2.09. The van der Waals surface area contributed by atoms with E-state index in [0.29, 0.717) is 13.1 Å². The first kappa shape index (κ1) is 14.0. The van der Waals surface area contributed by atoms with Crippen molar-refractivity contribution in [3.05, 3.63) is 29.6 Å². The molecule has 0 radical (unpaired) electrons. The maximum atomic E-state index is 12.1. The second kappa shape index (κ2) is 7.24. The summed E-state index contributed by atoms with van der Waals surface area (Å²) < 4.78 is 0. The Kier molecular flexibility index (Phi) is 5.33. The number of carbonyl (C=O) groups excluding carboxylic acids is 1. The number of likely N-dealkylation sites (tertiary alicyclic amines) is 1. The molecule has 0 aromatic carbocycles. The number of amides is 1. The first-order chi connectivity index (χ1) is 9.27. The van der Waals surface area contributed by atoms with E-state index in [0.717, 1.165) is 37.2 Å². The van der Waals surface area contributed by atoms with Crippen molar-refractivity contribution in [1.82, 2.24) is 15.2 Å². The Hall–Kier alpha value is -1.42. The van der Waals surface area contributed by atoms with Gasteiger partial charge in [0.1, 0.15) is 0 Å². The molecule has 19 heavy (non-hydrogen) atoms. The number of rotatable bonds is 4. The highest BCUT2D eigenvalue weighted by Gasteiger charge is 2.14. The molecule has 1 N–H and O–H groups in total. The molecule has 0 atom stereocenters. The van der Waals surface area contributed by atoms with Crippen LogP contribution in [0.5, 0.6) is 0 Å². The fourth-order valence-electron chi connectivity index (χ4n) is 2.42. The number of hydrogen-bond acceptors (Lipinski definition) is 3. The molecule has 4 heteroatoms. The minimum atomic E-state index is 0.218. The van der Waals surface area contributed by atoms with E-state index in [9.17, 15) is 4.79 Å². The van der Waals surface area contributed by atoms with Gasteiger partial charge in [0.25, 0.3) is 0 Å². The number of hydrogen-bond donors (Lipinski definition) is 1. The molecule has 1 saturated heterocycles. The fraction of sp³-hybridized carbons (Fsp3) is 0.600. The van der Waals surface area contributed by atoms with Crippen LogP contribution in [0, 0.1) is 6.92 Å². The van der Waals surface area contributed by atoms with Gasteiger partial charge in [-0.05, 0) is 31.4 Å². The zero-order valence-corrected chi connectivity index (χ0v) is 11.7. The standard InChI is InChI=1S/C15H23N3O/c1-13-7-6-8-17-14(13)11-16-12-15(19)18-9-4-2-3-5-10-18/h6-8,16H,2-5,9-12H2,1H3. The summed E-state index contributed by atoms with van der Waals surface area (Å²) in [6, 6.07) is 3.97. The summed E-state index contributed by atoms with van der Waals surface area (Å²) in [5, 5.41) is 3.21. The molecule has 1 aromatic rings. The average molecular weight is 261 g/mol. The lowest BCUT2D eigenvalue weighted by Crippen LogP contribution is -2.38. The van der Waals surface area contributed by atoms with Crippen LogP contribution >= 0.6 is 0 Å². The number of nitrogens with one attached hydrogen (secondary N) is 1. The lowest BCUT2D eigenvalue weighted by Gasteiger charge is -2.20. The topological polar surface area (TPSA) is 45.2 Å². The minimum Gasteiger partial charge on any atom is -0.342 e. The number of aromatic nitrogens is 1. The molecular formula is C15H23N3O.